The number of nitrogens with zero attached hydrogens (tertiary/aromatic N) is 2. The van der Waals surface area contributed by atoms with E-state index in [1.165, 1.54) is 11.8 Å². The molecule has 0 spiro atoms. The summed E-state index contributed by atoms with van der Waals surface area (Å²) in [6, 6.07) is 18.9. The van der Waals surface area contributed by atoms with E-state index in [9.17, 15) is 0 Å². The highest BCUT2D eigenvalue weighted by atomic mass is 32.2. The fraction of sp³-hybridized carbons (Fsp3) is 0.0667. The van der Waals surface area contributed by atoms with Gasteiger partial charge < -0.3 is 10.4 Å². The fourth-order valence-corrected chi connectivity index (χ4v) is 2.54. The van der Waals surface area contributed by atoms with Crippen molar-refractivity contribution < 1.29 is 10.4 Å². The van der Waals surface area contributed by atoms with Crippen LogP contribution >= 0.6 is 11.8 Å². The third-order valence-corrected chi connectivity index (χ3v) is 3.69. The van der Waals surface area contributed by atoms with Crippen LogP contribution < -0.4 is 0 Å². The smallest absolute Gasteiger partial charge is 0.165 e. The third kappa shape index (κ3) is 3.61. The summed E-state index contributed by atoms with van der Waals surface area (Å²) in [4.78, 5) is 0. The molecule has 0 aliphatic carbocycles. The summed E-state index contributed by atoms with van der Waals surface area (Å²) >= 11 is 1.31. The van der Waals surface area contributed by atoms with E-state index in [1.54, 1.807) is 12.1 Å². The van der Waals surface area contributed by atoms with Gasteiger partial charge in [-0.1, -0.05) is 82.7 Å². The monoisotopic (exact) mass is 286 g/mol. The van der Waals surface area contributed by atoms with Crippen molar-refractivity contribution >= 4 is 22.5 Å². The van der Waals surface area contributed by atoms with E-state index in [2.05, 4.69) is 10.3 Å². The highest BCUT2D eigenvalue weighted by molar-refractivity contribution is 8.15. The summed E-state index contributed by atoms with van der Waals surface area (Å²) < 4.78 is 0. The Morgan fingerprint density at radius 1 is 0.850 bits per heavy atom. The molecule has 0 unspecified atom stereocenters. The molecule has 0 aromatic heterocycles. The minimum Gasteiger partial charge on any atom is -0.410 e. The summed E-state index contributed by atoms with van der Waals surface area (Å²) in [5.41, 5.74) is 2.06. The molecule has 2 aromatic rings. The van der Waals surface area contributed by atoms with Crippen LogP contribution in [-0.4, -0.2) is 21.2 Å². The van der Waals surface area contributed by atoms with Gasteiger partial charge in [0.1, 0.15) is 5.71 Å². The van der Waals surface area contributed by atoms with Crippen LogP contribution in [0.2, 0.25) is 0 Å². The van der Waals surface area contributed by atoms with Crippen LogP contribution in [0.5, 0.6) is 0 Å². The Labute approximate surface area is 121 Å². The van der Waals surface area contributed by atoms with Crippen LogP contribution in [0.15, 0.2) is 71.0 Å². The standard InChI is InChI=1S/C15H14N2O2S/c18-16-14(13-9-5-2-6-10-13)15(17-19)20-11-12-7-3-1-4-8-12/h1-10,18-19H,11H2. The predicted molar refractivity (Wildman–Crippen MR) is 81.7 cm³/mol. The number of hydrogen-bond acceptors (Lipinski definition) is 5. The molecule has 0 radical (unpaired) electrons. The Hall–Kier alpha value is -2.27. The maximum Gasteiger partial charge on any atom is 0.165 e. The number of oxime groups is 2. The van der Waals surface area contributed by atoms with E-state index in [0.29, 0.717) is 11.3 Å². The Morgan fingerprint density at radius 2 is 1.45 bits per heavy atom. The summed E-state index contributed by atoms with van der Waals surface area (Å²) in [6.45, 7) is 0. The Bertz CT molecular complexity index is 598. The second-order valence-electron chi connectivity index (χ2n) is 3.99. The zero-order valence-electron chi connectivity index (χ0n) is 10.7. The molecule has 2 rings (SSSR count). The molecule has 0 atom stereocenters. The first kappa shape index (κ1) is 14.1. The topological polar surface area (TPSA) is 65.2 Å². The normalized spacial score (nSPS) is 12.4. The quantitative estimate of drug-likeness (QED) is 0.391. The molecule has 0 bridgehead atoms. The maximum absolute atomic E-state index is 9.16. The molecule has 0 aliphatic heterocycles. The molecule has 20 heavy (non-hydrogen) atoms. The number of thioether (sulfide) groups is 1. The molecule has 0 fully saturated rings. The van der Waals surface area contributed by atoms with Crippen molar-refractivity contribution in [2.24, 2.45) is 10.3 Å². The van der Waals surface area contributed by atoms with Gasteiger partial charge >= 0.3 is 0 Å². The van der Waals surface area contributed by atoms with Gasteiger partial charge in [0, 0.05) is 11.3 Å². The molecule has 0 amide bonds. The van der Waals surface area contributed by atoms with E-state index >= 15 is 0 Å². The Morgan fingerprint density at radius 3 is 2.00 bits per heavy atom. The van der Waals surface area contributed by atoms with Crippen LogP contribution in [0.4, 0.5) is 0 Å². The number of hydrogen-bond donors (Lipinski definition) is 2. The average Bonchev–Trinajstić information content (AvgIpc) is 2.53. The van der Waals surface area contributed by atoms with Gasteiger partial charge in [-0.3, -0.25) is 0 Å². The molecule has 2 aromatic carbocycles. The Kier molecular flexibility index (Phi) is 5.20. The largest absolute Gasteiger partial charge is 0.410 e. The molecule has 0 saturated heterocycles. The maximum atomic E-state index is 9.16. The van der Waals surface area contributed by atoms with Crippen LogP contribution in [0.1, 0.15) is 11.1 Å². The van der Waals surface area contributed by atoms with Gasteiger partial charge in [0.15, 0.2) is 5.04 Å². The van der Waals surface area contributed by atoms with E-state index < -0.39 is 0 Å². The van der Waals surface area contributed by atoms with Crippen LogP contribution in [0, 0.1) is 0 Å². The van der Waals surface area contributed by atoms with Crippen molar-refractivity contribution in [3.05, 3.63) is 71.8 Å². The van der Waals surface area contributed by atoms with Gasteiger partial charge in [-0.15, -0.1) is 0 Å². The van der Waals surface area contributed by atoms with Gasteiger partial charge in [0.25, 0.3) is 0 Å². The molecule has 0 heterocycles. The zero-order valence-corrected chi connectivity index (χ0v) is 11.5. The third-order valence-electron chi connectivity index (χ3n) is 2.66. The van der Waals surface area contributed by atoms with Crippen molar-refractivity contribution in [1.82, 2.24) is 0 Å². The highest BCUT2D eigenvalue weighted by Gasteiger charge is 2.14. The molecule has 5 heteroatoms. The second-order valence-corrected chi connectivity index (χ2v) is 4.96. The first-order valence-electron chi connectivity index (χ1n) is 6.01. The molecular weight excluding hydrogens is 272 g/mol. The van der Waals surface area contributed by atoms with Gasteiger partial charge in [-0.2, -0.15) is 0 Å². The lowest BCUT2D eigenvalue weighted by molar-refractivity contribution is 0.315. The van der Waals surface area contributed by atoms with Crippen molar-refractivity contribution in [3.63, 3.8) is 0 Å². The first-order valence-corrected chi connectivity index (χ1v) is 7.00. The molecule has 2 N–H and O–H groups in total. The molecular formula is C15H14N2O2S. The van der Waals surface area contributed by atoms with Gasteiger partial charge in [0.2, 0.25) is 0 Å². The molecule has 0 aliphatic rings. The molecule has 102 valence electrons. The lowest BCUT2D eigenvalue weighted by Gasteiger charge is -2.06. The zero-order chi connectivity index (χ0) is 14.2. The van der Waals surface area contributed by atoms with Gasteiger partial charge in [-0.25, -0.2) is 0 Å². The van der Waals surface area contributed by atoms with Crippen molar-refractivity contribution in [3.8, 4) is 0 Å². The van der Waals surface area contributed by atoms with E-state index in [0.717, 1.165) is 5.56 Å². The Balaban J connectivity index is 2.12. The van der Waals surface area contributed by atoms with Gasteiger partial charge in [-0.05, 0) is 5.56 Å². The average molecular weight is 286 g/mol. The first-order chi connectivity index (χ1) is 9.85. The fourth-order valence-electron chi connectivity index (χ4n) is 1.69. The summed E-state index contributed by atoms with van der Waals surface area (Å²) in [7, 11) is 0. The van der Waals surface area contributed by atoms with Crippen molar-refractivity contribution in [1.29, 1.82) is 0 Å². The number of benzene rings is 2. The molecule has 4 nitrogen and oxygen atoms in total. The lowest BCUT2D eigenvalue weighted by atomic mass is 10.1. The van der Waals surface area contributed by atoms with Crippen molar-refractivity contribution in [2.75, 3.05) is 0 Å². The summed E-state index contributed by atoms with van der Waals surface area (Å²) in [5.74, 6) is 0.631. The van der Waals surface area contributed by atoms with Crippen LogP contribution in [-0.2, 0) is 5.75 Å². The van der Waals surface area contributed by atoms with Crippen LogP contribution in [0.3, 0.4) is 0 Å². The van der Waals surface area contributed by atoms with Crippen molar-refractivity contribution in [2.45, 2.75) is 5.75 Å². The minimum atomic E-state index is 0.258. The van der Waals surface area contributed by atoms with E-state index in [1.807, 2.05) is 48.5 Å². The van der Waals surface area contributed by atoms with Gasteiger partial charge in [0.05, 0.1) is 0 Å². The lowest BCUT2D eigenvalue weighted by Crippen LogP contribution is -2.13. The predicted octanol–water partition coefficient (Wildman–Crippen LogP) is 3.59. The SMILES string of the molecule is ON=C(SCc1ccccc1)C(=NO)c1ccccc1. The van der Waals surface area contributed by atoms with E-state index in [-0.39, 0.29) is 10.8 Å². The summed E-state index contributed by atoms with van der Waals surface area (Å²) in [6.07, 6.45) is 0. The summed E-state index contributed by atoms with van der Waals surface area (Å²) in [5, 5.41) is 25.1. The number of rotatable bonds is 4. The van der Waals surface area contributed by atoms with Crippen LogP contribution in [0.25, 0.3) is 0 Å². The molecule has 0 saturated carbocycles. The highest BCUT2D eigenvalue weighted by Crippen LogP contribution is 2.17. The second kappa shape index (κ2) is 7.35. The minimum absolute atomic E-state index is 0.258. The van der Waals surface area contributed by atoms with E-state index in [4.69, 9.17) is 10.4 Å².